The summed E-state index contributed by atoms with van der Waals surface area (Å²) in [7, 11) is 1.76. The Balaban J connectivity index is 3.09. The molecule has 0 saturated heterocycles. The normalized spacial score (nSPS) is 13.7. The van der Waals surface area contributed by atoms with Crippen molar-refractivity contribution in [3.63, 3.8) is 0 Å². The summed E-state index contributed by atoms with van der Waals surface area (Å²) in [6.45, 7) is 6.23. The van der Waals surface area contributed by atoms with E-state index in [2.05, 4.69) is 19.2 Å². The van der Waals surface area contributed by atoms with Crippen molar-refractivity contribution in [2.45, 2.75) is 26.4 Å². The van der Waals surface area contributed by atoms with Gasteiger partial charge in [-0.1, -0.05) is 13.8 Å². The van der Waals surface area contributed by atoms with E-state index < -0.39 is 0 Å². The van der Waals surface area contributed by atoms with Gasteiger partial charge in [-0.25, -0.2) is 0 Å². The van der Waals surface area contributed by atoms with Crippen LogP contribution in [-0.2, 0) is 4.74 Å². The molecule has 0 aliphatic heterocycles. The third kappa shape index (κ3) is 4.43. The van der Waals surface area contributed by atoms with Crippen LogP contribution in [0.25, 0.3) is 0 Å². The summed E-state index contributed by atoms with van der Waals surface area (Å²) < 4.78 is 5.14. The van der Waals surface area contributed by atoms with E-state index >= 15 is 0 Å². The highest BCUT2D eigenvalue weighted by Crippen LogP contribution is 1.92. The van der Waals surface area contributed by atoms with Crippen LogP contribution < -0.4 is 5.32 Å². The van der Waals surface area contributed by atoms with Crippen LogP contribution in [0.3, 0.4) is 0 Å². The van der Waals surface area contributed by atoms with Gasteiger partial charge in [-0.05, 0) is 13.0 Å². The van der Waals surface area contributed by atoms with E-state index in [0.717, 1.165) is 19.5 Å². The molecule has 0 aromatic rings. The lowest BCUT2D eigenvalue weighted by Gasteiger charge is -2.11. The molecule has 0 rings (SSSR count). The Morgan fingerprint density at radius 3 is 2.44 bits per heavy atom. The number of likely N-dealkylation sites (N-methyl/N-ethyl adjacent to an activating group) is 1. The lowest BCUT2D eigenvalue weighted by atomic mass is 10.3. The molecule has 1 N–H and O–H groups in total. The molecule has 2 heteroatoms. The molecule has 0 radical (unpaired) electrons. The van der Waals surface area contributed by atoms with Crippen molar-refractivity contribution >= 4 is 0 Å². The zero-order valence-electron chi connectivity index (χ0n) is 6.61. The lowest BCUT2D eigenvalue weighted by Crippen LogP contribution is -2.27. The van der Waals surface area contributed by atoms with Crippen molar-refractivity contribution in [3.05, 3.63) is 0 Å². The van der Waals surface area contributed by atoms with Crippen molar-refractivity contribution in [1.82, 2.24) is 5.32 Å². The van der Waals surface area contributed by atoms with Gasteiger partial charge in [-0.3, -0.25) is 0 Å². The Labute approximate surface area is 57.6 Å². The van der Waals surface area contributed by atoms with Crippen molar-refractivity contribution in [1.29, 1.82) is 0 Å². The second kappa shape index (κ2) is 6.05. The van der Waals surface area contributed by atoms with E-state index in [9.17, 15) is 0 Å². The Hall–Kier alpha value is -0.0800. The molecule has 0 fully saturated rings. The molecule has 0 bridgehead atoms. The second-order valence-corrected chi connectivity index (χ2v) is 2.07. The first-order valence-electron chi connectivity index (χ1n) is 3.58. The number of ether oxygens (including phenoxy) is 1. The van der Waals surface area contributed by atoms with Gasteiger partial charge in [0.15, 0.2) is 0 Å². The fraction of sp³-hybridized carbons (Fsp3) is 1.00. The summed E-state index contributed by atoms with van der Waals surface area (Å²) in [4.78, 5) is 0. The Morgan fingerprint density at radius 2 is 2.11 bits per heavy atom. The summed E-state index contributed by atoms with van der Waals surface area (Å²) in [6.07, 6.45) is 1.48. The van der Waals surface area contributed by atoms with Gasteiger partial charge in [0.1, 0.15) is 0 Å². The molecule has 0 spiro atoms. The number of hydrogen-bond donors (Lipinski definition) is 1. The molecule has 0 aliphatic rings. The molecule has 1 atom stereocenters. The molecule has 2 nitrogen and oxygen atoms in total. The van der Waals surface area contributed by atoms with Crippen molar-refractivity contribution in [2.24, 2.45) is 0 Å². The number of methoxy groups -OCH3 is 1. The molecule has 0 aliphatic carbocycles. The molecule has 0 aromatic heterocycles. The van der Waals surface area contributed by atoms with Gasteiger partial charge >= 0.3 is 0 Å². The highest BCUT2D eigenvalue weighted by atomic mass is 16.5. The summed E-state index contributed by atoms with van der Waals surface area (Å²) in [6, 6.07) is 0. The predicted molar refractivity (Wildman–Crippen MR) is 39.6 cm³/mol. The second-order valence-electron chi connectivity index (χ2n) is 2.07. The molecule has 0 aromatic carbocycles. The molecular formula is C7H17NO. The third-order valence-electron chi connectivity index (χ3n) is 1.41. The minimum absolute atomic E-state index is 0.393. The van der Waals surface area contributed by atoms with Crippen LogP contribution in [0, 0.1) is 0 Å². The van der Waals surface area contributed by atoms with Gasteiger partial charge in [0.25, 0.3) is 0 Å². The highest BCUT2D eigenvalue weighted by molar-refractivity contribution is 4.56. The maximum absolute atomic E-state index is 5.14. The molecular weight excluding hydrogens is 114 g/mol. The zero-order valence-corrected chi connectivity index (χ0v) is 6.61. The van der Waals surface area contributed by atoms with E-state index in [1.54, 1.807) is 7.11 Å². The maximum Gasteiger partial charge on any atom is 0.0693 e. The zero-order chi connectivity index (χ0) is 7.11. The van der Waals surface area contributed by atoms with E-state index in [0.29, 0.717) is 6.10 Å². The van der Waals surface area contributed by atoms with Gasteiger partial charge in [0, 0.05) is 13.7 Å². The molecule has 0 saturated carbocycles. The summed E-state index contributed by atoms with van der Waals surface area (Å²) >= 11 is 0. The standard InChI is InChI=1S/C7H17NO/c1-4-7(9-3)6-8-5-2/h7-8H,4-6H2,1-3H3. The van der Waals surface area contributed by atoms with E-state index in [1.165, 1.54) is 0 Å². The van der Waals surface area contributed by atoms with E-state index in [-0.39, 0.29) is 0 Å². The minimum atomic E-state index is 0.393. The minimum Gasteiger partial charge on any atom is -0.380 e. The molecule has 9 heavy (non-hydrogen) atoms. The smallest absolute Gasteiger partial charge is 0.0693 e. The lowest BCUT2D eigenvalue weighted by molar-refractivity contribution is 0.0991. The van der Waals surface area contributed by atoms with Crippen molar-refractivity contribution < 1.29 is 4.74 Å². The number of rotatable bonds is 5. The summed E-state index contributed by atoms with van der Waals surface area (Å²) in [5, 5.41) is 3.23. The van der Waals surface area contributed by atoms with Crippen LogP contribution in [0.15, 0.2) is 0 Å². The first-order chi connectivity index (χ1) is 4.35. The number of nitrogens with one attached hydrogen (secondary N) is 1. The predicted octanol–water partition coefficient (Wildman–Crippen LogP) is 1.02. The van der Waals surface area contributed by atoms with Gasteiger partial charge < -0.3 is 10.1 Å². The molecule has 56 valence electrons. The third-order valence-corrected chi connectivity index (χ3v) is 1.41. The molecule has 0 amide bonds. The highest BCUT2D eigenvalue weighted by Gasteiger charge is 2.00. The summed E-state index contributed by atoms with van der Waals surface area (Å²) in [5.74, 6) is 0. The maximum atomic E-state index is 5.14. The number of hydrogen-bond acceptors (Lipinski definition) is 2. The van der Waals surface area contributed by atoms with Crippen LogP contribution in [0.4, 0.5) is 0 Å². The van der Waals surface area contributed by atoms with Gasteiger partial charge in [0.2, 0.25) is 0 Å². The topological polar surface area (TPSA) is 21.3 Å². The van der Waals surface area contributed by atoms with Gasteiger partial charge in [-0.2, -0.15) is 0 Å². The Kier molecular flexibility index (Phi) is 5.99. The first-order valence-corrected chi connectivity index (χ1v) is 3.58. The average molecular weight is 131 g/mol. The van der Waals surface area contributed by atoms with E-state index in [1.807, 2.05) is 0 Å². The van der Waals surface area contributed by atoms with Gasteiger partial charge in [0.05, 0.1) is 6.10 Å². The average Bonchev–Trinajstić information content (AvgIpc) is 1.91. The van der Waals surface area contributed by atoms with Crippen molar-refractivity contribution in [3.8, 4) is 0 Å². The van der Waals surface area contributed by atoms with Crippen LogP contribution >= 0.6 is 0 Å². The van der Waals surface area contributed by atoms with Crippen LogP contribution in [0.2, 0.25) is 0 Å². The summed E-state index contributed by atoms with van der Waals surface area (Å²) in [5.41, 5.74) is 0. The monoisotopic (exact) mass is 131 g/mol. The van der Waals surface area contributed by atoms with Crippen LogP contribution in [-0.4, -0.2) is 26.3 Å². The quantitative estimate of drug-likeness (QED) is 0.601. The molecule has 1 unspecified atom stereocenters. The fourth-order valence-electron chi connectivity index (χ4n) is 0.700. The fourth-order valence-corrected chi connectivity index (χ4v) is 0.700. The van der Waals surface area contributed by atoms with Crippen LogP contribution in [0.1, 0.15) is 20.3 Å². The van der Waals surface area contributed by atoms with Crippen LogP contribution in [0.5, 0.6) is 0 Å². The largest absolute Gasteiger partial charge is 0.380 e. The van der Waals surface area contributed by atoms with E-state index in [4.69, 9.17) is 4.74 Å². The SMILES string of the molecule is CCNCC(CC)OC. The van der Waals surface area contributed by atoms with Crippen molar-refractivity contribution in [2.75, 3.05) is 20.2 Å². The first kappa shape index (κ1) is 8.92. The van der Waals surface area contributed by atoms with Gasteiger partial charge in [-0.15, -0.1) is 0 Å². The Bertz CT molecular complexity index is 52.9. The Morgan fingerprint density at radius 1 is 1.44 bits per heavy atom. The molecule has 0 heterocycles.